The quantitative estimate of drug-likeness (QED) is 0.611. The number of carbonyl (C=O) groups excluding carboxylic acids is 3. The molecule has 2 aliphatic heterocycles. The van der Waals surface area contributed by atoms with E-state index in [-0.39, 0.29) is 30.2 Å². The zero-order valence-electron chi connectivity index (χ0n) is 20.2. The number of amides is 2. The molecular weight excluding hydrogens is 432 g/mol. The van der Waals surface area contributed by atoms with Crippen LogP contribution >= 0.6 is 0 Å². The van der Waals surface area contributed by atoms with Gasteiger partial charge in [0.1, 0.15) is 11.5 Å². The van der Waals surface area contributed by atoms with Crippen LogP contribution < -0.4 is 0 Å². The van der Waals surface area contributed by atoms with E-state index in [9.17, 15) is 14.4 Å². The first-order valence-electron chi connectivity index (χ1n) is 12.3. The van der Waals surface area contributed by atoms with Gasteiger partial charge in [-0.3, -0.25) is 14.4 Å². The van der Waals surface area contributed by atoms with E-state index in [2.05, 4.69) is 4.57 Å². The van der Waals surface area contributed by atoms with E-state index in [1.54, 1.807) is 18.9 Å². The van der Waals surface area contributed by atoms with E-state index in [4.69, 9.17) is 9.72 Å². The molecule has 1 saturated heterocycles. The minimum absolute atomic E-state index is 0.0403. The number of esters is 1. The molecule has 2 amide bonds. The molecule has 1 aromatic heterocycles. The molecule has 34 heavy (non-hydrogen) atoms. The predicted molar refractivity (Wildman–Crippen MR) is 128 cm³/mol. The molecule has 0 N–H and O–H groups in total. The molecule has 1 aromatic carbocycles. The number of hydrogen-bond donors (Lipinski definition) is 0. The third-order valence-electron chi connectivity index (χ3n) is 6.72. The lowest BCUT2D eigenvalue weighted by Crippen LogP contribution is -2.47. The van der Waals surface area contributed by atoms with E-state index in [1.807, 2.05) is 30.3 Å². The SMILES string of the molecule is CCOC(=O)C1CCCN(C(=O)CN(C)C(=O)c2nc(-c3ccccc3)n3c2CCCCC3)C1. The van der Waals surface area contributed by atoms with Crippen molar-refractivity contribution in [3.8, 4) is 11.4 Å². The Labute approximate surface area is 200 Å². The summed E-state index contributed by atoms with van der Waals surface area (Å²) < 4.78 is 7.32. The van der Waals surface area contributed by atoms with Crippen molar-refractivity contribution in [3.05, 3.63) is 41.7 Å². The Morgan fingerprint density at radius 1 is 1.09 bits per heavy atom. The molecule has 0 saturated carbocycles. The lowest BCUT2D eigenvalue weighted by Gasteiger charge is -2.32. The molecule has 2 aromatic rings. The molecule has 1 unspecified atom stereocenters. The van der Waals surface area contributed by atoms with Gasteiger partial charge in [-0.25, -0.2) is 4.98 Å². The summed E-state index contributed by atoms with van der Waals surface area (Å²) in [5, 5.41) is 0. The second-order valence-electron chi connectivity index (χ2n) is 9.15. The summed E-state index contributed by atoms with van der Waals surface area (Å²) in [4.78, 5) is 46.5. The maximum absolute atomic E-state index is 13.5. The number of aromatic nitrogens is 2. The number of carbonyl (C=O) groups is 3. The van der Waals surface area contributed by atoms with Crippen molar-refractivity contribution in [3.63, 3.8) is 0 Å². The first-order chi connectivity index (χ1) is 16.5. The zero-order valence-corrected chi connectivity index (χ0v) is 20.2. The van der Waals surface area contributed by atoms with Gasteiger partial charge in [-0.2, -0.15) is 0 Å². The normalized spacial score (nSPS) is 18.1. The Balaban J connectivity index is 1.50. The molecule has 1 fully saturated rings. The van der Waals surface area contributed by atoms with Crippen molar-refractivity contribution in [2.75, 3.05) is 33.3 Å². The Kier molecular flexibility index (Phi) is 7.65. The minimum atomic E-state index is -0.295. The standard InChI is InChI=1S/C26H34N4O4/c1-3-34-26(33)20-13-10-15-29(17-20)22(31)18-28(2)25(32)23-21-14-8-5-9-16-30(21)24(27-23)19-11-6-4-7-12-19/h4,6-7,11-12,20H,3,5,8-10,13-18H2,1-2H3. The molecule has 4 rings (SSSR count). The number of ether oxygens (including phenoxy) is 1. The monoisotopic (exact) mass is 466 g/mol. The molecule has 0 bridgehead atoms. The van der Waals surface area contributed by atoms with Gasteiger partial charge in [0.2, 0.25) is 5.91 Å². The Morgan fingerprint density at radius 3 is 2.65 bits per heavy atom. The van der Waals surface area contributed by atoms with Crippen molar-refractivity contribution in [2.24, 2.45) is 5.92 Å². The fourth-order valence-electron chi connectivity index (χ4n) is 4.91. The van der Waals surface area contributed by atoms with Crippen LogP contribution in [0.3, 0.4) is 0 Å². The fraction of sp³-hybridized carbons (Fsp3) is 0.538. The van der Waals surface area contributed by atoms with Crippen molar-refractivity contribution in [2.45, 2.75) is 52.0 Å². The third kappa shape index (κ3) is 5.16. The average molecular weight is 467 g/mol. The number of hydrogen-bond acceptors (Lipinski definition) is 5. The lowest BCUT2D eigenvalue weighted by molar-refractivity contribution is -0.151. The molecule has 0 radical (unpaired) electrons. The van der Waals surface area contributed by atoms with Crippen LogP contribution in [-0.2, 0) is 27.3 Å². The number of nitrogens with zero attached hydrogens (tertiary/aromatic N) is 4. The van der Waals surface area contributed by atoms with Gasteiger partial charge < -0.3 is 19.1 Å². The summed E-state index contributed by atoms with van der Waals surface area (Å²) in [6, 6.07) is 9.94. The average Bonchev–Trinajstić information content (AvgIpc) is 3.04. The lowest BCUT2D eigenvalue weighted by atomic mass is 9.98. The number of likely N-dealkylation sites (tertiary alicyclic amines) is 1. The highest BCUT2D eigenvalue weighted by atomic mass is 16.5. The van der Waals surface area contributed by atoms with Crippen molar-refractivity contribution in [1.82, 2.24) is 19.4 Å². The van der Waals surface area contributed by atoms with E-state index < -0.39 is 0 Å². The van der Waals surface area contributed by atoms with Gasteiger partial charge in [-0.15, -0.1) is 0 Å². The van der Waals surface area contributed by atoms with Crippen molar-refractivity contribution >= 4 is 17.8 Å². The third-order valence-corrected chi connectivity index (χ3v) is 6.72. The van der Waals surface area contributed by atoms with Crippen molar-refractivity contribution in [1.29, 1.82) is 0 Å². The van der Waals surface area contributed by atoms with Crippen LogP contribution in [0.15, 0.2) is 30.3 Å². The number of benzene rings is 1. The van der Waals surface area contributed by atoms with E-state index >= 15 is 0 Å². The molecule has 8 nitrogen and oxygen atoms in total. The van der Waals surface area contributed by atoms with Crippen LogP contribution in [0.2, 0.25) is 0 Å². The smallest absolute Gasteiger partial charge is 0.310 e. The Bertz CT molecular complexity index is 1030. The number of fused-ring (bicyclic) bond motifs is 1. The van der Waals surface area contributed by atoms with Gasteiger partial charge in [0, 0.05) is 32.2 Å². The molecule has 182 valence electrons. The second-order valence-corrected chi connectivity index (χ2v) is 9.15. The first-order valence-corrected chi connectivity index (χ1v) is 12.3. The summed E-state index contributed by atoms with van der Waals surface area (Å²) >= 11 is 0. The second kappa shape index (κ2) is 10.8. The van der Waals surface area contributed by atoms with Crippen LogP contribution in [0, 0.1) is 5.92 Å². The summed E-state index contributed by atoms with van der Waals surface area (Å²) in [6.45, 7) is 3.85. The summed E-state index contributed by atoms with van der Waals surface area (Å²) in [6.07, 6.45) is 5.47. The van der Waals surface area contributed by atoms with Gasteiger partial charge in [0.05, 0.1) is 24.8 Å². The molecular formula is C26H34N4O4. The number of piperidine rings is 1. The van der Waals surface area contributed by atoms with Gasteiger partial charge in [-0.1, -0.05) is 36.8 Å². The highest BCUT2D eigenvalue weighted by Crippen LogP contribution is 2.28. The zero-order chi connectivity index (χ0) is 24.1. The van der Waals surface area contributed by atoms with Gasteiger partial charge in [0.15, 0.2) is 0 Å². The predicted octanol–water partition coefficient (Wildman–Crippen LogP) is 3.15. The largest absolute Gasteiger partial charge is 0.466 e. The van der Waals surface area contributed by atoms with Gasteiger partial charge in [-0.05, 0) is 39.0 Å². The highest BCUT2D eigenvalue weighted by Gasteiger charge is 2.31. The minimum Gasteiger partial charge on any atom is -0.466 e. The maximum atomic E-state index is 13.5. The highest BCUT2D eigenvalue weighted by molar-refractivity contribution is 5.96. The van der Waals surface area contributed by atoms with E-state index in [0.717, 1.165) is 62.2 Å². The van der Waals surface area contributed by atoms with Gasteiger partial charge >= 0.3 is 5.97 Å². The number of rotatable bonds is 6. The topological polar surface area (TPSA) is 84.7 Å². The summed E-state index contributed by atoms with van der Waals surface area (Å²) in [5.74, 6) is -0.123. The number of likely N-dealkylation sites (N-methyl/N-ethyl adjacent to an activating group) is 1. The number of imidazole rings is 1. The van der Waals surface area contributed by atoms with Crippen LogP contribution in [-0.4, -0.2) is 70.4 Å². The summed E-state index contributed by atoms with van der Waals surface area (Å²) in [7, 11) is 1.65. The molecule has 1 atom stereocenters. The van der Waals surface area contributed by atoms with Gasteiger partial charge in [0.25, 0.3) is 5.91 Å². The van der Waals surface area contributed by atoms with E-state index in [1.165, 1.54) is 4.90 Å². The maximum Gasteiger partial charge on any atom is 0.310 e. The van der Waals surface area contributed by atoms with Crippen molar-refractivity contribution < 1.29 is 19.1 Å². The van der Waals surface area contributed by atoms with Crippen LogP contribution in [0.1, 0.15) is 55.2 Å². The summed E-state index contributed by atoms with van der Waals surface area (Å²) in [5.41, 5.74) is 2.39. The molecule has 0 spiro atoms. The molecule has 0 aliphatic carbocycles. The van der Waals surface area contributed by atoms with E-state index in [0.29, 0.717) is 25.4 Å². The molecule has 3 heterocycles. The Hall–Kier alpha value is -3.16. The van der Waals surface area contributed by atoms with Crippen LogP contribution in [0.5, 0.6) is 0 Å². The first kappa shape index (κ1) is 24.0. The molecule has 2 aliphatic rings. The Morgan fingerprint density at radius 2 is 1.88 bits per heavy atom. The van der Waals surface area contributed by atoms with Crippen LogP contribution in [0.25, 0.3) is 11.4 Å². The van der Waals surface area contributed by atoms with Crippen LogP contribution in [0.4, 0.5) is 0 Å². The molecule has 8 heteroatoms. The fourth-order valence-corrected chi connectivity index (χ4v) is 4.91.